The van der Waals surface area contributed by atoms with E-state index in [4.69, 9.17) is 0 Å². The van der Waals surface area contributed by atoms with Gasteiger partial charge in [0.15, 0.2) is 5.82 Å². The minimum atomic E-state index is 0.00477. The van der Waals surface area contributed by atoms with Gasteiger partial charge in [-0.1, -0.05) is 0 Å². The van der Waals surface area contributed by atoms with E-state index in [1.165, 1.54) is 0 Å². The second-order valence-electron chi connectivity index (χ2n) is 3.85. The molecule has 80 valence electrons. The van der Waals surface area contributed by atoms with E-state index in [1.807, 2.05) is 13.8 Å². The highest BCUT2D eigenvalue weighted by Gasteiger charge is 2.28. The fourth-order valence-corrected chi connectivity index (χ4v) is 1.86. The van der Waals surface area contributed by atoms with Crippen molar-refractivity contribution in [3.8, 4) is 0 Å². The fraction of sp³-hybridized carbons (Fsp3) is 0.500. The van der Waals surface area contributed by atoms with Crippen LogP contribution < -0.4 is 10.2 Å². The van der Waals surface area contributed by atoms with Gasteiger partial charge in [-0.3, -0.25) is 9.69 Å². The normalized spacial score (nSPS) is 19.4. The third-order valence-electron chi connectivity index (χ3n) is 2.60. The molecule has 2 heterocycles. The van der Waals surface area contributed by atoms with Crippen molar-refractivity contribution >= 4 is 17.4 Å². The number of aromatic nitrogens is 2. The Labute approximate surface area is 88.5 Å². The zero-order chi connectivity index (χ0) is 11.0. The van der Waals surface area contributed by atoms with Crippen LogP contribution in [0.3, 0.4) is 0 Å². The van der Waals surface area contributed by atoms with Crippen LogP contribution in [0.1, 0.15) is 19.4 Å². The Morgan fingerprint density at radius 3 is 3.07 bits per heavy atom. The zero-order valence-electron chi connectivity index (χ0n) is 9.11. The lowest BCUT2D eigenvalue weighted by molar-refractivity contribution is -0.117. The Hall–Kier alpha value is -1.65. The molecule has 0 aliphatic carbocycles. The van der Waals surface area contributed by atoms with E-state index in [0.29, 0.717) is 5.82 Å². The molecule has 5 nitrogen and oxygen atoms in total. The summed E-state index contributed by atoms with van der Waals surface area (Å²) in [5.41, 5.74) is 1.93. The van der Waals surface area contributed by atoms with Crippen LogP contribution in [0.25, 0.3) is 0 Å². The lowest BCUT2D eigenvalue weighted by Gasteiger charge is -2.34. The quantitative estimate of drug-likeness (QED) is 0.686. The standard InChI is InChI=1S/C10H14N4O/c1-6-4-12-13-10-9(6)11-5-7(2)14(10)8(3)15/h4,7,11H,5H2,1-3H3/t7-/m0/s1. The zero-order valence-corrected chi connectivity index (χ0v) is 9.11. The number of amides is 1. The van der Waals surface area contributed by atoms with E-state index in [2.05, 4.69) is 15.5 Å². The molecule has 0 saturated carbocycles. The van der Waals surface area contributed by atoms with Gasteiger partial charge in [-0.05, 0) is 19.4 Å². The van der Waals surface area contributed by atoms with Crippen molar-refractivity contribution in [2.24, 2.45) is 0 Å². The van der Waals surface area contributed by atoms with Crippen molar-refractivity contribution < 1.29 is 4.79 Å². The maximum Gasteiger partial charge on any atom is 0.225 e. The molecule has 15 heavy (non-hydrogen) atoms. The van der Waals surface area contributed by atoms with Gasteiger partial charge in [0.1, 0.15) is 0 Å². The van der Waals surface area contributed by atoms with Crippen LogP contribution in [0.15, 0.2) is 6.20 Å². The second-order valence-corrected chi connectivity index (χ2v) is 3.85. The molecular formula is C10H14N4O. The number of carbonyl (C=O) groups is 1. The number of aryl methyl sites for hydroxylation is 1. The van der Waals surface area contributed by atoms with Crippen LogP contribution in [0.4, 0.5) is 11.5 Å². The Morgan fingerprint density at radius 2 is 2.40 bits per heavy atom. The highest BCUT2D eigenvalue weighted by molar-refractivity contribution is 5.95. The van der Waals surface area contributed by atoms with Crippen molar-refractivity contribution in [2.45, 2.75) is 26.8 Å². The van der Waals surface area contributed by atoms with Crippen molar-refractivity contribution in [3.05, 3.63) is 11.8 Å². The molecule has 5 heteroatoms. The third kappa shape index (κ3) is 1.54. The molecule has 1 aliphatic heterocycles. The minimum Gasteiger partial charge on any atom is -0.380 e. The Morgan fingerprint density at radius 1 is 1.67 bits per heavy atom. The van der Waals surface area contributed by atoms with Crippen molar-refractivity contribution in [1.82, 2.24) is 10.2 Å². The molecule has 1 aromatic heterocycles. The first kappa shape index (κ1) is 9.89. The van der Waals surface area contributed by atoms with E-state index >= 15 is 0 Å². The molecule has 2 rings (SSSR count). The average Bonchev–Trinajstić information content (AvgIpc) is 2.17. The predicted molar refractivity (Wildman–Crippen MR) is 57.9 cm³/mol. The summed E-state index contributed by atoms with van der Waals surface area (Å²) in [4.78, 5) is 13.2. The Kier molecular flexibility index (Phi) is 2.30. The van der Waals surface area contributed by atoms with Crippen LogP contribution in [0.2, 0.25) is 0 Å². The number of carbonyl (C=O) groups excluding carboxylic acids is 1. The highest BCUT2D eigenvalue weighted by atomic mass is 16.2. The second kappa shape index (κ2) is 3.49. The number of fused-ring (bicyclic) bond motifs is 1. The highest BCUT2D eigenvalue weighted by Crippen LogP contribution is 2.30. The molecule has 0 spiro atoms. The summed E-state index contributed by atoms with van der Waals surface area (Å²) in [5, 5.41) is 11.2. The number of rotatable bonds is 0. The van der Waals surface area contributed by atoms with Crippen LogP contribution in [-0.4, -0.2) is 28.7 Å². The first-order valence-electron chi connectivity index (χ1n) is 4.97. The molecule has 1 aliphatic rings. The number of hydrogen-bond acceptors (Lipinski definition) is 4. The fourth-order valence-electron chi connectivity index (χ4n) is 1.86. The minimum absolute atomic E-state index is 0.00477. The van der Waals surface area contributed by atoms with Crippen molar-refractivity contribution in [3.63, 3.8) is 0 Å². The van der Waals surface area contributed by atoms with Crippen molar-refractivity contribution in [1.29, 1.82) is 0 Å². The van der Waals surface area contributed by atoms with E-state index in [1.54, 1.807) is 18.0 Å². The number of hydrogen-bond donors (Lipinski definition) is 1. The van der Waals surface area contributed by atoms with E-state index in [-0.39, 0.29) is 11.9 Å². The molecule has 0 unspecified atom stereocenters. The van der Waals surface area contributed by atoms with Gasteiger partial charge in [0.05, 0.1) is 17.9 Å². The predicted octanol–water partition coefficient (Wildman–Crippen LogP) is 0.952. The van der Waals surface area contributed by atoms with Crippen LogP contribution in [0.5, 0.6) is 0 Å². The van der Waals surface area contributed by atoms with Gasteiger partial charge in [0.25, 0.3) is 0 Å². The lowest BCUT2D eigenvalue weighted by Crippen LogP contribution is -2.45. The molecule has 0 fully saturated rings. The van der Waals surface area contributed by atoms with Gasteiger partial charge in [0, 0.05) is 13.5 Å². The summed E-state index contributed by atoms with van der Waals surface area (Å²) >= 11 is 0. The first-order chi connectivity index (χ1) is 7.11. The molecule has 1 amide bonds. The maximum atomic E-state index is 11.5. The van der Waals surface area contributed by atoms with Crippen molar-refractivity contribution in [2.75, 3.05) is 16.8 Å². The third-order valence-corrected chi connectivity index (χ3v) is 2.60. The molecule has 0 saturated heterocycles. The molecule has 1 aromatic rings. The largest absolute Gasteiger partial charge is 0.380 e. The smallest absolute Gasteiger partial charge is 0.225 e. The summed E-state index contributed by atoms with van der Waals surface area (Å²) in [6.07, 6.45) is 1.69. The van der Waals surface area contributed by atoms with Gasteiger partial charge < -0.3 is 5.32 Å². The van der Waals surface area contributed by atoms with Gasteiger partial charge in [0.2, 0.25) is 5.91 Å². The first-order valence-corrected chi connectivity index (χ1v) is 4.97. The summed E-state index contributed by atoms with van der Waals surface area (Å²) in [7, 11) is 0. The molecular weight excluding hydrogens is 192 g/mol. The molecule has 0 aromatic carbocycles. The average molecular weight is 206 g/mol. The molecule has 1 N–H and O–H groups in total. The molecule has 0 radical (unpaired) electrons. The number of nitrogens with one attached hydrogen (secondary N) is 1. The molecule has 0 bridgehead atoms. The lowest BCUT2D eigenvalue weighted by atomic mass is 10.1. The number of anilines is 2. The summed E-state index contributed by atoms with van der Waals surface area (Å²) in [6, 6.07) is 0.117. The topological polar surface area (TPSA) is 58.1 Å². The summed E-state index contributed by atoms with van der Waals surface area (Å²) in [6.45, 7) is 6.24. The van der Waals surface area contributed by atoms with Crippen LogP contribution in [0, 0.1) is 6.92 Å². The summed E-state index contributed by atoms with van der Waals surface area (Å²) < 4.78 is 0. The number of nitrogens with zero attached hydrogens (tertiary/aromatic N) is 3. The van der Waals surface area contributed by atoms with E-state index in [9.17, 15) is 4.79 Å². The van der Waals surface area contributed by atoms with Gasteiger partial charge in [-0.2, -0.15) is 5.10 Å². The molecule has 1 atom stereocenters. The van der Waals surface area contributed by atoms with Gasteiger partial charge in [-0.25, -0.2) is 0 Å². The Balaban J connectivity index is 2.53. The van der Waals surface area contributed by atoms with Crippen LogP contribution in [-0.2, 0) is 4.79 Å². The Bertz CT molecular complexity index is 404. The van der Waals surface area contributed by atoms with Gasteiger partial charge in [-0.15, -0.1) is 5.10 Å². The van der Waals surface area contributed by atoms with E-state index in [0.717, 1.165) is 17.8 Å². The SMILES string of the molecule is CC(=O)N1c2nncc(C)c2NC[C@@H]1C. The van der Waals surface area contributed by atoms with Gasteiger partial charge >= 0.3 is 0 Å². The monoisotopic (exact) mass is 206 g/mol. The maximum absolute atomic E-state index is 11.5. The van der Waals surface area contributed by atoms with Crippen LogP contribution >= 0.6 is 0 Å². The summed E-state index contributed by atoms with van der Waals surface area (Å²) in [5.74, 6) is 0.645. The van der Waals surface area contributed by atoms with E-state index < -0.39 is 0 Å².